The van der Waals surface area contributed by atoms with Gasteiger partial charge in [0.2, 0.25) is 0 Å². The van der Waals surface area contributed by atoms with Gasteiger partial charge in [0, 0.05) is 44.1 Å². The maximum Gasteiger partial charge on any atom is 0.272 e. The van der Waals surface area contributed by atoms with Crippen LogP contribution in [0.3, 0.4) is 0 Å². The second-order valence-corrected chi connectivity index (χ2v) is 8.12. The minimum atomic E-state index is 0.0437. The Balaban J connectivity index is 1.35. The highest BCUT2D eigenvalue weighted by Gasteiger charge is 2.27. The van der Waals surface area contributed by atoms with Crippen LogP contribution in [0.25, 0.3) is 0 Å². The number of benzene rings is 1. The highest BCUT2D eigenvalue weighted by Crippen LogP contribution is 2.25. The standard InChI is InChI=1S/C23H29N3O2/c1-17-5-3-6-20(15-17)28-19-10-13-26(14-11-19)23(27)22-8-4-7-21(24-22)18-9-12-25(2)16-18/h3-8,15,18-19H,9-14,16H2,1-2H3. The topological polar surface area (TPSA) is 45.7 Å². The molecule has 1 atom stereocenters. The summed E-state index contributed by atoms with van der Waals surface area (Å²) in [5.74, 6) is 1.40. The average molecular weight is 380 g/mol. The van der Waals surface area contributed by atoms with Crippen molar-refractivity contribution in [3.05, 3.63) is 59.4 Å². The van der Waals surface area contributed by atoms with E-state index in [-0.39, 0.29) is 12.0 Å². The molecule has 1 unspecified atom stereocenters. The van der Waals surface area contributed by atoms with Gasteiger partial charge < -0.3 is 14.5 Å². The number of aryl methyl sites for hydroxylation is 1. The van der Waals surface area contributed by atoms with Crippen LogP contribution >= 0.6 is 0 Å². The summed E-state index contributed by atoms with van der Waals surface area (Å²) in [5.41, 5.74) is 2.82. The zero-order chi connectivity index (χ0) is 19.5. The molecule has 2 fully saturated rings. The summed E-state index contributed by atoms with van der Waals surface area (Å²) < 4.78 is 6.11. The van der Waals surface area contributed by atoms with Crippen molar-refractivity contribution in [2.45, 2.75) is 38.2 Å². The van der Waals surface area contributed by atoms with E-state index in [9.17, 15) is 4.79 Å². The van der Waals surface area contributed by atoms with Gasteiger partial charge in [0.1, 0.15) is 17.5 Å². The van der Waals surface area contributed by atoms with E-state index in [2.05, 4.69) is 37.1 Å². The molecular weight excluding hydrogens is 350 g/mol. The number of amides is 1. The molecule has 4 rings (SSSR count). The van der Waals surface area contributed by atoms with Crippen LogP contribution in [0.2, 0.25) is 0 Å². The van der Waals surface area contributed by atoms with E-state index in [0.717, 1.165) is 43.8 Å². The number of hydrogen-bond donors (Lipinski definition) is 0. The van der Waals surface area contributed by atoms with E-state index in [0.29, 0.717) is 24.7 Å². The van der Waals surface area contributed by atoms with Gasteiger partial charge >= 0.3 is 0 Å². The number of carbonyl (C=O) groups is 1. The molecule has 2 aromatic rings. The van der Waals surface area contributed by atoms with Gasteiger partial charge in [0.05, 0.1) is 0 Å². The monoisotopic (exact) mass is 379 g/mol. The molecule has 5 heteroatoms. The van der Waals surface area contributed by atoms with Gasteiger partial charge in [-0.05, 0) is 56.8 Å². The number of ether oxygens (including phenoxy) is 1. The van der Waals surface area contributed by atoms with E-state index in [1.54, 1.807) is 0 Å². The molecule has 28 heavy (non-hydrogen) atoms. The third kappa shape index (κ3) is 4.36. The summed E-state index contributed by atoms with van der Waals surface area (Å²) >= 11 is 0. The van der Waals surface area contributed by atoms with Crippen molar-refractivity contribution in [1.29, 1.82) is 0 Å². The van der Waals surface area contributed by atoms with Gasteiger partial charge in [-0.15, -0.1) is 0 Å². The fourth-order valence-corrected chi connectivity index (χ4v) is 4.19. The Morgan fingerprint density at radius 3 is 2.57 bits per heavy atom. The Kier molecular flexibility index (Phi) is 5.62. The molecule has 2 aliphatic rings. The van der Waals surface area contributed by atoms with E-state index in [1.807, 2.05) is 29.2 Å². The fraction of sp³-hybridized carbons (Fsp3) is 0.478. The van der Waals surface area contributed by atoms with Crippen LogP contribution in [-0.4, -0.2) is 60.0 Å². The lowest BCUT2D eigenvalue weighted by Crippen LogP contribution is -2.42. The number of likely N-dealkylation sites (tertiary alicyclic amines) is 2. The Labute approximate surface area is 167 Å². The summed E-state index contributed by atoms with van der Waals surface area (Å²) in [6.07, 6.45) is 2.99. The van der Waals surface area contributed by atoms with Crippen molar-refractivity contribution in [2.24, 2.45) is 0 Å². The van der Waals surface area contributed by atoms with E-state index in [1.165, 1.54) is 5.56 Å². The first-order chi connectivity index (χ1) is 13.6. The minimum absolute atomic E-state index is 0.0437. The fourth-order valence-electron chi connectivity index (χ4n) is 4.19. The summed E-state index contributed by atoms with van der Waals surface area (Å²) in [7, 11) is 2.14. The molecule has 0 radical (unpaired) electrons. The Hall–Kier alpha value is -2.40. The molecule has 2 saturated heterocycles. The predicted octanol–water partition coefficient (Wildman–Crippen LogP) is 3.49. The maximum absolute atomic E-state index is 13.0. The molecule has 5 nitrogen and oxygen atoms in total. The van der Waals surface area contributed by atoms with Crippen LogP contribution in [0.4, 0.5) is 0 Å². The zero-order valence-corrected chi connectivity index (χ0v) is 16.8. The molecule has 0 bridgehead atoms. The first-order valence-electron chi connectivity index (χ1n) is 10.3. The van der Waals surface area contributed by atoms with Crippen LogP contribution < -0.4 is 4.74 Å². The number of nitrogens with zero attached hydrogens (tertiary/aromatic N) is 3. The van der Waals surface area contributed by atoms with Crippen molar-refractivity contribution in [1.82, 2.24) is 14.8 Å². The van der Waals surface area contributed by atoms with E-state index in [4.69, 9.17) is 9.72 Å². The Bertz CT molecular complexity index is 830. The molecule has 2 aliphatic heterocycles. The van der Waals surface area contributed by atoms with Gasteiger partial charge in [-0.3, -0.25) is 4.79 Å². The number of likely N-dealkylation sites (N-methyl/N-ethyl adjacent to an activating group) is 1. The van der Waals surface area contributed by atoms with Crippen LogP contribution in [0.5, 0.6) is 5.75 Å². The number of pyridine rings is 1. The smallest absolute Gasteiger partial charge is 0.272 e. The molecule has 1 amide bonds. The molecular formula is C23H29N3O2. The zero-order valence-electron chi connectivity index (χ0n) is 16.8. The minimum Gasteiger partial charge on any atom is -0.490 e. The quantitative estimate of drug-likeness (QED) is 0.816. The van der Waals surface area contributed by atoms with E-state index < -0.39 is 0 Å². The van der Waals surface area contributed by atoms with Gasteiger partial charge in [-0.25, -0.2) is 4.98 Å². The number of carbonyl (C=O) groups excluding carboxylic acids is 1. The number of rotatable bonds is 4. The van der Waals surface area contributed by atoms with E-state index >= 15 is 0 Å². The summed E-state index contributed by atoms with van der Waals surface area (Å²) in [4.78, 5) is 21.9. The number of piperidine rings is 1. The first kappa shape index (κ1) is 18.9. The van der Waals surface area contributed by atoms with Crippen molar-refractivity contribution in [2.75, 3.05) is 33.2 Å². The highest BCUT2D eigenvalue weighted by molar-refractivity contribution is 5.92. The Morgan fingerprint density at radius 2 is 1.86 bits per heavy atom. The van der Waals surface area contributed by atoms with Gasteiger partial charge in [-0.2, -0.15) is 0 Å². The van der Waals surface area contributed by atoms with Gasteiger partial charge in [0.15, 0.2) is 0 Å². The number of hydrogen-bond acceptors (Lipinski definition) is 4. The Morgan fingerprint density at radius 1 is 1.07 bits per heavy atom. The largest absolute Gasteiger partial charge is 0.490 e. The summed E-state index contributed by atoms with van der Waals surface area (Å²) in [6, 6.07) is 14.0. The SMILES string of the molecule is Cc1cccc(OC2CCN(C(=O)c3cccc(C4CCN(C)C4)n3)CC2)c1. The lowest BCUT2D eigenvalue weighted by Gasteiger charge is -2.32. The average Bonchev–Trinajstić information content (AvgIpc) is 3.15. The van der Waals surface area contributed by atoms with Crippen molar-refractivity contribution in [3.8, 4) is 5.75 Å². The van der Waals surface area contributed by atoms with Crippen LogP contribution in [0.15, 0.2) is 42.5 Å². The molecule has 3 heterocycles. The summed E-state index contributed by atoms with van der Waals surface area (Å²) in [6.45, 7) is 5.62. The van der Waals surface area contributed by atoms with Crippen LogP contribution in [-0.2, 0) is 0 Å². The summed E-state index contributed by atoms with van der Waals surface area (Å²) in [5, 5.41) is 0. The molecule has 0 N–H and O–H groups in total. The van der Waals surface area contributed by atoms with Crippen LogP contribution in [0, 0.1) is 6.92 Å². The van der Waals surface area contributed by atoms with Gasteiger partial charge in [0.25, 0.3) is 5.91 Å². The normalized spacial score (nSPS) is 21.1. The third-order valence-electron chi connectivity index (χ3n) is 5.82. The predicted molar refractivity (Wildman–Crippen MR) is 110 cm³/mol. The second kappa shape index (κ2) is 8.31. The molecule has 1 aromatic carbocycles. The number of aromatic nitrogens is 1. The molecule has 0 saturated carbocycles. The lowest BCUT2D eigenvalue weighted by atomic mass is 10.0. The second-order valence-electron chi connectivity index (χ2n) is 8.12. The molecule has 0 aliphatic carbocycles. The van der Waals surface area contributed by atoms with Crippen LogP contribution in [0.1, 0.15) is 46.9 Å². The van der Waals surface area contributed by atoms with Crippen molar-refractivity contribution in [3.63, 3.8) is 0 Å². The maximum atomic E-state index is 13.0. The van der Waals surface area contributed by atoms with Crippen molar-refractivity contribution < 1.29 is 9.53 Å². The van der Waals surface area contributed by atoms with Crippen molar-refractivity contribution >= 4 is 5.91 Å². The molecule has 148 valence electrons. The molecule has 1 aromatic heterocycles. The van der Waals surface area contributed by atoms with Gasteiger partial charge in [-0.1, -0.05) is 18.2 Å². The first-order valence-corrected chi connectivity index (χ1v) is 10.3. The highest BCUT2D eigenvalue weighted by atomic mass is 16.5. The lowest BCUT2D eigenvalue weighted by molar-refractivity contribution is 0.0590. The molecule has 0 spiro atoms. The third-order valence-corrected chi connectivity index (χ3v) is 5.82.